The molecule has 0 aliphatic rings. The fourth-order valence-corrected chi connectivity index (χ4v) is 0.557. The average Bonchev–Trinajstić information content (AvgIpc) is 1.90. The van der Waals surface area contributed by atoms with E-state index >= 15 is 0 Å². The predicted molar refractivity (Wildman–Crippen MR) is 32.5 cm³/mol. The molecule has 1 rings (SSSR count). The molecule has 0 N–H and O–H groups in total. The molecule has 9 heavy (non-hydrogen) atoms. The number of aromatic nitrogens is 1. The molecule has 1 aromatic rings. The Labute approximate surface area is 80.8 Å². The summed E-state index contributed by atoms with van der Waals surface area (Å²) in [6.07, 6.45) is 5.62. The molecule has 1 heterocycles. The molecule has 0 aromatic carbocycles. The van der Waals surface area contributed by atoms with Gasteiger partial charge in [-0.3, -0.25) is 0 Å². The maximum absolute atomic E-state index is 3.83. The first-order valence-corrected chi connectivity index (χ1v) is 2.75. The van der Waals surface area contributed by atoms with Crippen LogP contribution >= 0.6 is 0 Å². The van der Waals surface area contributed by atoms with Crippen molar-refractivity contribution >= 4 is 0 Å². The van der Waals surface area contributed by atoms with Crippen molar-refractivity contribution in [3.8, 4) is 0 Å². The number of nitrogens with zero attached hydrogens (tertiary/aromatic N) is 1. The van der Waals surface area contributed by atoms with Gasteiger partial charge in [-0.1, -0.05) is 25.7 Å². The van der Waals surface area contributed by atoms with Crippen molar-refractivity contribution in [2.75, 3.05) is 0 Å². The summed E-state index contributed by atoms with van der Waals surface area (Å²) in [5.74, 6) is 0. The molecule has 1 radical (unpaired) electrons. The molecule has 0 aliphatic carbocycles. The molecule has 0 saturated heterocycles. The van der Waals surface area contributed by atoms with Gasteiger partial charge in [-0.25, -0.2) is 0 Å². The van der Waals surface area contributed by atoms with Crippen LogP contribution in [0.3, 0.4) is 0 Å². The van der Waals surface area contributed by atoms with Gasteiger partial charge >= 0.3 is 0 Å². The number of pyridine rings is 1. The maximum atomic E-state index is 3.83. The zero-order chi connectivity index (χ0) is 5.82. The predicted octanol–water partition coefficient (Wildman–Crippen LogP) is 1.44. The van der Waals surface area contributed by atoms with E-state index in [1.165, 1.54) is 5.56 Å². The van der Waals surface area contributed by atoms with Crippen molar-refractivity contribution in [3.63, 3.8) is 0 Å². The molecule has 0 aliphatic heterocycles. The van der Waals surface area contributed by atoms with Crippen molar-refractivity contribution in [3.05, 3.63) is 30.1 Å². The summed E-state index contributed by atoms with van der Waals surface area (Å²) in [6.45, 7) is 2.09. The molecule has 0 bridgehead atoms. The van der Waals surface area contributed by atoms with Gasteiger partial charge in [-0.2, -0.15) is 12.1 Å². The zero-order valence-electron chi connectivity index (χ0n) is 5.46. The second-order valence-electron chi connectivity index (χ2n) is 1.63. The minimum atomic E-state index is 0. The summed E-state index contributed by atoms with van der Waals surface area (Å²) in [5.41, 5.74) is 1.17. The summed E-state index contributed by atoms with van der Waals surface area (Å²) >= 11 is 0. The fourth-order valence-electron chi connectivity index (χ4n) is 0.557. The van der Waals surface area contributed by atoms with E-state index in [-0.39, 0.29) is 32.7 Å². The van der Waals surface area contributed by atoms with E-state index in [9.17, 15) is 0 Å². The van der Waals surface area contributed by atoms with Gasteiger partial charge in [0, 0.05) is 32.7 Å². The van der Waals surface area contributed by atoms with Crippen LogP contribution in [-0.2, 0) is 39.1 Å². The average molecular weight is 195 g/mol. The SMILES string of the molecule is CCc1[c-]nccc1.[Y]. The molecule has 0 spiro atoms. The Hall–Kier alpha value is 0.254. The Kier molecular flexibility index (Phi) is 5.21. The second kappa shape index (κ2) is 5.07. The molecule has 2 heteroatoms. The van der Waals surface area contributed by atoms with Crippen LogP contribution < -0.4 is 0 Å². The van der Waals surface area contributed by atoms with Crippen LogP contribution in [0.15, 0.2) is 18.3 Å². The molecule has 1 aromatic heterocycles. The Morgan fingerprint density at radius 1 is 1.67 bits per heavy atom. The molecule has 0 unspecified atom stereocenters. The van der Waals surface area contributed by atoms with E-state index in [0.29, 0.717) is 0 Å². The van der Waals surface area contributed by atoms with Crippen molar-refractivity contribution in [1.29, 1.82) is 0 Å². The first-order valence-electron chi connectivity index (χ1n) is 2.75. The van der Waals surface area contributed by atoms with E-state index in [1.807, 2.05) is 12.1 Å². The van der Waals surface area contributed by atoms with E-state index in [4.69, 9.17) is 0 Å². The number of hydrogen-bond donors (Lipinski definition) is 0. The van der Waals surface area contributed by atoms with Crippen LogP contribution in [0.2, 0.25) is 0 Å². The molecule has 0 fully saturated rings. The second-order valence-corrected chi connectivity index (χ2v) is 1.63. The van der Waals surface area contributed by atoms with Gasteiger partial charge in [0.2, 0.25) is 0 Å². The third-order valence-corrected chi connectivity index (χ3v) is 1.05. The van der Waals surface area contributed by atoms with E-state index in [1.54, 1.807) is 6.20 Å². The van der Waals surface area contributed by atoms with Crippen LogP contribution in [0.1, 0.15) is 12.5 Å². The van der Waals surface area contributed by atoms with Gasteiger partial charge in [-0.15, -0.1) is 5.56 Å². The number of hydrogen-bond acceptors (Lipinski definition) is 1. The third kappa shape index (κ3) is 3.07. The quantitative estimate of drug-likeness (QED) is 0.618. The Balaban J connectivity index is 0.000000640. The van der Waals surface area contributed by atoms with Gasteiger partial charge in [0.15, 0.2) is 0 Å². The van der Waals surface area contributed by atoms with Gasteiger partial charge < -0.3 is 4.98 Å². The van der Waals surface area contributed by atoms with E-state index in [2.05, 4.69) is 18.1 Å². The molecular formula is C7H8NY-. The summed E-state index contributed by atoms with van der Waals surface area (Å²) in [4.78, 5) is 3.83. The summed E-state index contributed by atoms with van der Waals surface area (Å²) in [7, 11) is 0. The van der Waals surface area contributed by atoms with Crippen molar-refractivity contribution in [2.45, 2.75) is 13.3 Å². The van der Waals surface area contributed by atoms with E-state index in [0.717, 1.165) is 6.42 Å². The maximum Gasteiger partial charge on any atom is 0 e. The minimum absolute atomic E-state index is 0. The van der Waals surface area contributed by atoms with Crippen LogP contribution in [0.4, 0.5) is 0 Å². The van der Waals surface area contributed by atoms with Crippen LogP contribution in [0.25, 0.3) is 0 Å². The smallest absolute Gasteiger partial charge is 0 e. The van der Waals surface area contributed by atoms with Crippen molar-refractivity contribution < 1.29 is 32.7 Å². The van der Waals surface area contributed by atoms with Gasteiger partial charge in [-0.05, 0) is 0 Å². The first kappa shape index (κ1) is 9.25. The molecule has 0 saturated carbocycles. The third-order valence-electron chi connectivity index (χ3n) is 1.05. The molecular weight excluding hydrogens is 187 g/mol. The standard InChI is InChI=1S/C7H8N.Y/c1-2-7-4-3-5-8-6-7;/h3-5H,2H2,1H3;/q-1;. The summed E-state index contributed by atoms with van der Waals surface area (Å²) in [5, 5.41) is 0. The van der Waals surface area contributed by atoms with Crippen LogP contribution in [0, 0.1) is 6.20 Å². The number of rotatable bonds is 1. The Bertz CT molecular complexity index is 150. The topological polar surface area (TPSA) is 12.9 Å². The summed E-state index contributed by atoms with van der Waals surface area (Å²) < 4.78 is 0. The van der Waals surface area contributed by atoms with Crippen molar-refractivity contribution in [2.24, 2.45) is 0 Å². The Morgan fingerprint density at radius 3 is 2.78 bits per heavy atom. The zero-order valence-corrected chi connectivity index (χ0v) is 8.30. The molecule has 45 valence electrons. The molecule has 0 atom stereocenters. The van der Waals surface area contributed by atoms with Crippen LogP contribution in [0.5, 0.6) is 0 Å². The fraction of sp³-hybridized carbons (Fsp3) is 0.286. The normalized spacial score (nSPS) is 8.11. The van der Waals surface area contributed by atoms with Crippen LogP contribution in [-0.4, -0.2) is 4.98 Å². The molecule has 0 amide bonds. The molecule has 1 nitrogen and oxygen atoms in total. The Morgan fingerprint density at radius 2 is 2.44 bits per heavy atom. The van der Waals surface area contributed by atoms with Crippen molar-refractivity contribution in [1.82, 2.24) is 4.98 Å². The summed E-state index contributed by atoms with van der Waals surface area (Å²) in [6, 6.07) is 3.95. The minimum Gasteiger partial charge on any atom is -0.394 e. The van der Waals surface area contributed by atoms with E-state index < -0.39 is 0 Å². The van der Waals surface area contributed by atoms with Gasteiger partial charge in [0.25, 0.3) is 0 Å². The van der Waals surface area contributed by atoms with Gasteiger partial charge in [0.05, 0.1) is 0 Å². The largest absolute Gasteiger partial charge is 0.394 e. The van der Waals surface area contributed by atoms with Gasteiger partial charge in [0.1, 0.15) is 0 Å². The first-order chi connectivity index (χ1) is 3.93. The monoisotopic (exact) mass is 195 g/mol. The number of aryl methyl sites for hydroxylation is 1.